The molecule has 5 rings (SSSR count). The SMILES string of the molecule is CCOC(=O)[C@H]1C2CCC(CC2)[C@@H]1n1c(=O)n(C)c2cnc(Cl)nc21. The highest BCUT2D eigenvalue weighted by Gasteiger charge is 2.50. The average molecular weight is 365 g/mol. The van der Waals surface area contributed by atoms with Crippen molar-refractivity contribution in [2.45, 2.75) is 38.6 Å². The Hall–Kier alpha value is -1.89. The van der Waals surface area contributed by atoms with E-state index in [1.165, 1.54) is 4.57 Å². The van der Waals surface area contributed by atoms with Crippen molar-refractivity contribution in [3.63, 3.8) is 0 Å². The van der Waals surface area contributed by atoms with Crippen LogP contribution in [0, 0.1) is 17.8 Å². The summed E-state index contributed by atoms with van der Waals surface area (Å²) in [6.07, 6.45) is 5.63. The maximum atomic E-state index is 13.0. The highest BCUT2D eigenvalue weighted by atomic mass is 35.5. The summed E-state index contributed by atoms with van der Waals surface area (Å²) < 4.78 is 8.54. The van der Waals surface area contributed by atoms with E-state index in [1.807, 2.05) is 6.92 Å². The Morgan fingerprint density at radius 2 is 2.00 bits per heavy atom. The van der Waals surface area contributed by atoms with Gasteiger partial charge in [-0.25, -0.2) is 9.78 Å². The number of esters is 1. The molecule has 3 aliphatic carbocycles. The molecule has 2 heterocycles. The average Bonchev–Trinajstić information content (AvgIpc) is 2.85. The van der Waals surface area contributed by atoms with Crippen LogP contribution in [-0.2, 0) is 16.6 Å². The molecule has 2 bridgehead atoms. The third-order valence-electron chi connectivity index (χ3n) is 5.84. The Morgan fingerprint density at radius 3 is 2.68 bits per heavy atom. The molecule has 0 aliphatic heterocycles. The smallest absolute Gasteiger partial charge is 0.330 e. The van der Waals surface area contributed by atoms with Crippen LogP contribution < -0.4 is 5.69 Å². The normalized spacial score (nSPS) is 28.4. The van der Waals surface area contributed by atoms with Crippen LogP contribution in [0.5, 0.6) is 0 Å². The van der Waals surface area contributed by atoms with E-state index in [0.29, 0.717) is 17.8 Å². The molecule has 0 radical (unpaired) electrons. The quantitative estimate of drug-likeness (QED) is 0.617. The first kappa shape index (κ1) is 16.6. The summed E-state index contributed by atoms with van der Waals surface area (Å²) in [7, 11) is 1.69. The Labute approximate surface area is 150 Å². The van der Waals surface area contributed by atoms with Crippen LogP contribution in [0.2, 0.25) is 5.28 Å². The molecular weight excluding hydrogens is 344 g/mol. The van der Waals surface area contributed by atoms with E-state index in [-0.39, 0.29) is 40.7 Å². The van der Waals surface area contributed by atoms with Gasteiger partial charge in [-0.05, 0) is 56.0 Å². The topological polar surface area (TPSA) is 79.0 Å². The van der Waals surface area contributed by atoms with Crippen molar-refractivity contribution < 1.29 is 9.53 Å². The van der Waals surface area contributed by atoms with E-state index in [4.69, 9.17) is 16.3 Å². The molecule has 25 heavy (non-hydrogen) atoms. The van der Waals surface area contributed by atoms with Gasteiger partial charge in [0.2, 0.25) is 5.28 Å². The molecule has 0 aromatic carbocycles. The molecule has 2 atom stereocenters. The third-order valence-corrected chi connectivity index (χ3v) is 6.02. The van der Waals surface area contributed by atoms with Crippen LogP contribution in [-0.4, -0.2) is 31.7 Å². The first-order valence-electron chi connectivity index (χ1n) is 8.79. The monoisotopic (exact) mass is 364 g/mol. The molecule has 0 amide bonds. The standard InChI is InChI=1S/C17H21ClN4O3/c1-3-25-15(23)12-9-4-6-10(7-5-9)13(12)22-14-11(21(2)17(22)24)8-19-16(18)20-14/h8-10,12-13H,3-7H2,1-2H3/t9?,10?,12-,13-/m0/s1. The maximum Gasteiger partial charge on any atom is 0.330 e. The lowest BCUT2D eigenvalue weighted by molar-refractivity contribution is -0.157. The molecule has 3 saturated carbocycles. The van der Waals surface area contributed by atoms with Gasteiger partial charge in [0.15, 0.2) is 5.65 Å². The number of ether oxygens (including phenoxy) is 1. The Bertz CT molecular complexity index is 882. The lowest BCUT2D eigenvalue weighted by atomic mass is 9.61. The number of carbonyl (C=O) groups excluding carboxylic acids is 1. The number of nitrogens with zero attached hydrogens (tertiary/aromatic N) is 4. The van der Waals surface area contributed by atoms with Gasteiger partial charge < -0.3 is 4.74 Å². The molecule has 2 aromatic rings. The minimum atomic E-state index is -0.301. The third kappa shape index (κ3) is 2.47. The molecule has 2 aromatic heterocycles. The van der Waals surface area contributed by atoms with Crippen molar-refractivity contribution >= 4 is 28.7 Å². The number of aromatic nitrogens is 4. The summed E-state index contributed by atoms with van der Waals surface area (Å²) in [5.41, 5.74) is 0.941. The van der Waals surface area contributed by atoms with Gasteiger partial charge in [0.25, 0.3) is 0 Å². The number of imidazole rings is 1. The van der Waals surface area contributed by atoms with Crippen LogP contribution in [0.15, 0.2) is 11.0 Å². The predicted molar refractivity (Wildman–Crippen MR) is 92.4 cm³/mol. The molecule has 134 valence electrons. The van der Waals surface area contributed by atoms with E-state index in [2.05, 4.69) is 9.97 Å². The van der Waals surface area contributed by atoms with Crippen LogP contribution in [0.3, 0.4) is 0 Å². The van der Waals surface area contributed by atoms with E-state index >= 15 is 0 Å². The van der Waals surface area contributed by atoms with Crippen LogP contribution in [0.4, 0.5) is 0 Å². The van der Waals surface area contributed by atoms with E-state index in [0.717, 1.165) is 25.7 Å². The van der Waals surface area contributed by atoms with Gasteiger partial charge in [-0.1, -0.05) is 0 Å². The Kier molecular flexibility index (Phi) is 4.06. The zero-order chi connectivity index (χ0) is 17.7. The Balaban J connectivity index is 1.91. The highest BCUT2D eigenvalue weighted by Crippen LogP contribution is 2.51. The van der Waals surface area contributed by atoms with Crippen LogP contribution >= 0.6 is 11.6 Å². The fourth-order valence-corrected chi connectivity index (χ4v) is 4.87. The first-order valence-corrected chi connectivity index (χ1v) is 9.16. The number of hydrogen-bond acceptors (Lipinski definition) is 5. The molecule has 3 fully saturated rings. The molecule has 7 nitrogen and oxygen atoms in total. The summed E-state index contributed by atoms with van der Waals surface area (Å²) in [5, 5.41) is 0.0977. The molecule has 3 aliphatic rings. The Morgan fingerprint density at radius 1 is 1.32 bits per heavy atom. The van der Waals surface area contributed by atoms with Crippen molar-refractivity contribution in [2.75, 3.05) is 6.61 Å². The second-order valence-electron chi connectivity index (χ2n) is 7.00. The summed E-state index contributed by atoms with van der Waals surface area (Å²) in [4.78, 5) is 33.9. The lowest BCUT2D eigenvalue weighted by Gasteiger charge is -2.47. The number of aryl methyl sites for hydroxylation is 1. The van der Waals surface area contributed by atoms with E-state index in [9.17, 15) is 9.59 Å². The van der Waals surface area contributed by atoms with E-state index < -0.39 is 0 Å². The van der Waals surface area contributed by atoms with Gasteiger partial charge in [-0.2, -0.15) is 4.98 Å². The molecule has 0 spiro atoms. The van der Waals surface area contributed by atoms with Crippen LogP contribution in [0.1, 0.15) is 38.6 Å². The minimum Gasteiger partial charge on any atom is -0.466 e. The molecule has 0 N–H and O–H groups in total. The first-order chi connectivity index (χ1) is 12.0. The van der Waals surface area contributed by atoms with Gasteiger partial charge in [0, 0.05) is 7.05 Å². The number of rotatable bonds is 3. The van der Waals surface area contributed by atoms with Gasteiger partial charge in [0.1, 0.15) is 5.52 Å². The second-order valence-corrected chi connectivity index (χ2v) is 7.34. The number of hydrogen-bond donors (Lipinski definition) is 0. The zero-order valence-corrected chi connectivity index (χ0v) is 15.1. The molecule has 0 saturated heterocycles. The van der Waals surface area contributed by atoms with Gasteiger partial charge >= 0.3 is 11.7 Å². The summed E-state index contributed by atoms with van der Waals surface area (Å²) in [6, 6.07) is -0.228. The fraction of sp³-hybridized carbons (Fsp3) is 0.647. The zero-order valence-electron chi connectivity index (χ0n) is 14.3. The highest BCUT2D eigenvalue weighted by molar-refractivity contribution is 6.28. The van der Waals surface area contributed by atoms with Gasteiger partial charge in [-0.3, -0.25) is 13.9 Å². The summed E-state index contributed by atoms with van der Waals surface area (Å²) in [5.74, 6) is 0.0282. The van der Waals surface area contributed by atoms with E-state index in [1.54, 1.807) is 17.8 Å². The van der Waals surface area contributed by atoms with Crippen molar-refractivity contribution in [2.24, 2.45) is 24.8 Å². The van der Waals surface area contributed by atoms with Crippen molar-refractivity contribution in [3.05, 3.63) is 22.0 Å². The minimum absolute atomic E-state index is 0.0977. The molecule has 8 heteroatoms. The second kappa shape index (κ2) is 6.12. The lowest BCUT2D eigenvalue weighted by Crippen LogP contribution is -2.48. The predicted octanol–water partition coefficient (Wildman–Crippen LogP) is 2.32. The van der Waals surface area contributed by atoms with Crippen LogP contribution in [0.25, 0.3) is 11.2 Å². The summed E-state index contributed by atoms with van der Waals surface area (Å²) >= 11 is 5.98. The van der Waals surface area contributed by atoms with Crippen molar-refractivity contribution in [1.29, 1.82) is 0 Å². The van der Waals surface area contributed by atoms with Crippen molar-refractivity contribution in [3.8, 4) is 0 Å². The summed E-state index contributed by atoms with van der Waals surface area (Å²) in [6.45, 7) is 2.16. The number of fused-ring (bicyclic) bond motifs is 4. The molecular formula is C17H21ClN4O3. The largest absolute Gasteiger partial charge is 0.466 e. The fourth-order valence-electron chi connectivity index (χ4n) is 4.74. The van der Waals surface area contributed by atoms with Gasteiger partial charge in [0.05, 0.1) is 24.8 Å². The number of halogens is 1. The maximum absolute atomic E-state index is 13.0. The van der Waals surface area contributed by atoms with Crippen molar-refractivity contribution in [1.82, 2.24) is 19.1 Å². The van der Waals surface area contributed by atoms with Gasteiger partial charge in [-0.15, -0.1) is 0 Å². The number of carbonyl (C=O) groups is 1. The molecule has 0 unspecified atom stereocenters.